The van der Waals surface area contributed by atoms with Crippen molar-refractivity contribution in [2.45, 2.75) is 26.4 Å². The second kappa shape index (κ2) is 8.28. The molecule has 25 heavy (non-hydrogen) atoms. The van der Waals surface area contributed by atoms with E-state index in [0.717, 1.165) is 44.0 Å². The minimum Gasteiger partial charge on any atom is -0.379 e. The van der Waals surface area contributed by atoms with Crippen LogP contribution in [0.15, 0.2) is 48.5 Å². The van der Waals surface area contributed by atoms with Crippen molar-refractivity contribution in [2.75, 3.05) is 26.3 Å². The molecule has 2 aromatic carbocycles. The first-order valence-corrected chi connectivity index (χ1v) is 8.88. The maximum absolute atomic E-state index is 12.6. The Kier molecular flexibility index (Phi) is 5.84. The van der Waals surface area contributed by atoms with Crippen LogP contribution in [0.4, 0.5) is 0 Å². The van der Waals surface area contributed by atoms with Crippen molar-refractivity contribution in [2.24, 2.45) is 0 Å². The zero-order valence-corrected chi connectivity index (χ0v) is 15.0. The number of amides is 1. The normalized spacial score (nSPS) is 16.4. The monoisotopic (exact) mass is 338 g/mol. The standard InChI is InChI=1S/C21H26N2O2/c1-16-6-8-19(9-7-16)17(2)22-21(24)20-5-3-4-18(14-20)15-23-10-12-25-13-11-23/h3-9,14,17H,10-13,15H2,1-2H3,(H,22,24). The van der Waals surface area contributed by atoms with Gasteiger partial charge in [0, 0.05) is 25.2 Å². The molecule has 0 radical (unpaired) electrons. The van der Waals surface area contributed by atoms with E-state index < -0.39 is 0 Å². The number of hydrogen-bond donors (Lipinski definition) is 1. The Morgan fingerprint density at radius 2 is 1.88 bits per heavy atom. The van der Waals surface area contributed by atoms with E-state index in [1.807, 2.05) is 25.1 Å². The van der Waals surface area contributed by atoms with Gasteiger partial charge in [-0.3, -0.25) is 9.69 Å². The van der Waals surface area contributed by atoms with Crippen LogP contribution in [0, 0.1) is 6.92 Å². The second-order valence-corrected chi connectivity index (χ2v) is 6.69. The molecule has 1 heterocycles. The number of morpholine rings is 1. The number of hydrogen-bond acceptors (Lipinski definition) is 3. The summed E-state index contributed by atoms with van der Waals surface area (Å²) in [6, 6.07) is 16.2. The molecule has 0 spiro atoms. The Balaban J connectivity index is 1.63. The topological polar surface area (TPSA) is 41.6 Å². The molecular formula is C21H26N2O2. The Labute approximate surface area is 149 Å². The summed E-state index contributed by atoms with van der Waals surface area (Å²) in [6.07, 6.45) is 0. The van der Waals surface area contributed by atoms with Crippen LogP contribution in [0.2, 0.25) is 0 Å². The van der Waals surface area contributed by atoms with Crippen LogP contribution >= 0.6 is 0 Å². The third kappa shape index (κ3) is 4.91. The zero-order valence-electron chi connectivity index (χ0n) is 15.0. The van der Waals surface area contributed by atoms with Crippen LogP contribution in [-0.4, -0.2) is 37.1 Å². The number of rotatable bonds is 5. The number of carbonyl (C=O) groups is 1. The minimum atomic E-state index is -0.0306. The highest BCUT2D eigenvalue weighted by Crippen LogP contribution is 2.15. The molecule has 1 aliphatic rings. The van der Waals surface area contributed by atoms with Crippen LogP contribution in [-0.2, 0) is 11.3 Å². The van der Waals surface area contributed by atoms with Gasteiger partial charge in [0.2, 0.25) is 0 Å². The summed E-state index contributed by atoms with van der Waals surface area (Å²) in [5, 5.41) is 3.09. The van der Waals surface area contributed by atoms with Gasteiger partial charge >= 0.3 is 0 Å². The van der Waals surface area contributed by atoms with E-state index in [4.69, 9.17) is 4.74 Å². The molecule has 4 nitrogen and oxygen atoms in total. The van der Waals surface area contributed by atoms with Gasteiger partial charge in [-0.25, -0.2) is 0 Å². The average molecular weight is 338 g/mol. The molecule has 1 atom stereocenters. The lowest BCUT2D eigenvalue weighted by Crippen LogP contribution is -2.35. The van der Waals surface area contributed by atoms with Gasteiger partial charge in [-0.05, 0) is 37.1 Å². The predicted octanol–water partition coefficient (Wildman–Crippen LogP) is 3.32. The molecule has 1 amide bonds. The summed E-state index contributed by atoms with van der Waals surface area (Å²) in [5.41, 5.74) is 4.21. The first-order valence-electron chi connectivity index (χ1n) is 8.88. The van der Waals surface area contributed by atoms with Crippen LogP contribution in [0.25, 0.3) is 0 Å². The lowest BCUT2D eigenvalue weighted by molar-refractivity contribution is 0.0342. The van der Waals surface area contributed by atoms with Gasteiger partial charge in [0.05, 0.1) is 19.3 Å². The fourth-order valence-electron chi connectivity index (χ4n) is 3.05. The number of benzene rings is 2. The van der Waals surface area contributed by atoms with E-state index in [0.29, 0.717) is 5.56 Å². The first-order chi connectivity index (χ1) is 12.1. The van der Waals surface area contributed by atoms with Crippen molar-refractivity contribution in [3.05, 3.63) is 70.8 Å². The summed E-state index contributed by atoms with van der Waals surface area (Å²) < 4.78 is 5.39. The van der Waals surface area contributed by atoms with Gasteiger partial charge in [0.15, 0.2) is 0 Å². The largest absolute Gasteiger partial charge is 0.379 e. The van der Waals surface area contributed by atoms with E-state index in [1.165, 1.54) is 5.56 Å². The number of carbonyl (C=O) groups excluding carboxylic acids is 1. The molecule has 1 unspecified atom stereocenters. The molecule has 0 aliphatic carbocycles. The number of nitrogens with zero attached hydrogens (tertiary/aromatic N) is 1. The summed E-state index contributed by atoms with van der Waals surface area (Å²) in [4.78, 5) is 15.0. The van der Waals surface area contributed by atoms with Crippen molar-refractivity contribution in [3.63, 3.8) is 0 Å². The fraction of sp³-hybridized carbons (Fsp3) is 0.381. The molecule has 0 saturated carbocycles. The Bertz CT molecular complexity index is 706. The van der Waals surface area contributed by atoms with Crippen molar-refractivity contribution >= 4 is 5.91 Å². The van der Waals surface area contributed by atoms with Crippen LogP contribution in [0.3, 0.4) is 0 Å². The molecule has 1 saturated heterocycles. The lowest BCUT2D eigenvalue weighted by Gasteiger charge is -2.26. The van der Waals surface area contributed by atoms with E-state index in [-0.39, 0.29) is 11.9 Å². The fourth-order valence-corrected chi connectivity index (χ4v) is 3.05. The molecule has 4 heteroatoms. The van der Waals surface area contributed by atoms with Gasteiger partial charge in [0.25, 0.3) is 5.91 Å². The number of ether oxygens (including phenoxy) is 1. The van der Waals surface area contributed by atoms with E-state index in [9.17, 15) is 4.79 Å². The van der Waals surface area contributed by atoms with Crippen molar-refractivity contribution in [3.8, 4) is 0 Å². The van der Waals surface area contributed by atoms with Crippen molar-refractivity contribution in [1.29, 1.82) is 0 Å². The maximum atomic E-state index is 12.6. The van der Waals surface area contributed by atoms with Gasteiger partial charge in [-0.2, -0.15) is 0 Å². The average Bonchev–Trinajstić information content (AvgIpc) is 2.63. The Morgan fingerprint density at radius 3 is 2.60 bits per heavy atom. The SMILES string of the molecule is Cc1ccc(C(C)NC(=O)c2cccc(CN3CCOCC3)c2)cc1. The summed E-state index contributed by atoms with van der Waals surface area (Å²) in [7, 11) is 0. The van der Waals surface area contributed by atoms with E-state index >= 15 is 0 Å². The van der Waals surface area contributed by atoms with Gasteiger partial charge in [-0.15, -0.1) is 0 Å². The molecule has 2 aromatic rings. The highest BCUT2D eigenvalue weighted by atomic mass is 16.5. The summed E-state index contributed by atoms with van der Waals surface area (Å²) in [5.74, 6) is -0.0306. The van der Waals surface area contributed by atoms with Gasteiger partial charge < -0.3 is 10.1 Å². The van der Waals surface area contributed by atoms with Crippen LogP contribution in [0.1, 0.15) is 40.0 Å². The molecule has 3 rings (SSSR count). The second-order valence-electron chi connectivity index (χ2n) is 6.69. The molecule has 0 aromatic heterocycles. The smallest absolute Gasteiger partial charge is 0.251 e. The minimum absolute atomic E-state index is 0.0176. The van der Waals surface area contributed by atoms with Crippen LogP contribution < -0.4 is 5.32 Å². The molecule has 132 valence electrons. The van der Waals surface area contributed by atoms with E-state index in [1.54, 1.807) is 0 Å². The first kappa shape index (κ1) is 17.6. The summed E-state index contributed by atoms with van der Waals surface area (Å²) in [6.45, 7) is 8.40. The number of nitrogens with one attached hydrogen (secondary N) is 1. The maximum Gasteiger partial charge on any atom is 0.251 e. The van der Waals surface area contributed by atoms with Crippen molar-refractivity contribution in [1.82, 2.24) is 10.2 Å². The third-order valence-electron chi connectivity index (χ3n) is 4.62. The van der Waals surface area contributed by atoms with Crippen LogP contribution in [0.5, 0.6) is 0 Å². The Morgan fingerprint density at radius 1 is 1.16 bits per heavy atom. The van der Waals surface area contributed by atoms with Gasteiger partial charge in [0.1, 0.15) is 0 Å². The van der Waals surface area contributed by atoms with Crippen molar-refractivity contribution < 1.29 is 9.53 Å². The zero-order chi connectivity index (χ0) is 17.6. The molecule has 0 bridgehead atoms. The molecule has 1 fully saturated rings. The predicted molar refractivity (Wildman–Crippen MR) is 99.6 cm³/mol. The molecule has 1 N–H and O–H groups in total. The lowest BCUT2D eigenvalue weighted by atomic mass is 10.1. The Hall–Kier alpha value is -2.17. The quantitative estimate of drug-likeness (QED) is 0.909. The number of aryl methyl sites for hydroxylation is 1. The third-order valence-corrected chi connectivity index (χ3v) is 4.62. The van der Waals surface area contributed by atoms with E-state index in [2.05, 4.69) is 47.5 Å². The highest BCUT2D eigenvalue weighted by Gasteiger charge is 2.14. The summed E-state index contributed by atoms with van der Waals surface area (Å²) >= 11 is 0. The highest BCUT2D eigenvalue weighted by molar-refractivity contribution is 5.94. The molecular weight excluding hydrogens is 312 g/mol. The molecule has 1 aliphatic heterocycles. The van der Waals surface area contributed by atoms with Gasteiger partial charge in [-0.1, -0.05) is 42.0 Å².